The van der Waals surface area contributed by atoms with Crippen LogP contribution in [0.3, 0.4) is 0 Å². The number of ether oxygens (including phenoxy) is 1. The molecular weight excluding hydrogens is 260 g/mol. The van der Waals surface area contributed by atoms with Gasteiger partial charge in [-0.15, -0.1) is 11.8 Å². The van der Waals surface area contributed by atoms with Crippen LogP contribution in [0.4, 0.5) is 0 Å². The maximum atomic E-state index is 12.1. The second-order valence-electron chi connectivity index (χ2n) is 5.26. The molecule has 1 aromatic rings. The van der Waals surface area contributed by atoms with E-state index in [2.05, 4.69) is 0 Å². The average Bonchev–Trinajstić information content (AvgIpc) is 2.38. The lowest BCUT2D eigenvalue weighted by molar-refractivity contribution is -0.161. The van der Waals surface area contributed by atoms with Crippen molar-refractivity contribution in [1.29, 1.82) is 0 Å². The molecule has 104 valence electrons. The Morgan fingerprint density at radius 2 is 2.11 bits per heavy atom. The van der Waals surface area contributed by atoms with Crippen molar-refractivity contribution in [2.24, 2.45) is 11.8 Å². The van der Waals surface area contributed by atoms with Gasteiger partial charge in [0.1, 0.15) is 5.60 Å². The lowest BCUT2D eigenvalue weighted by Gasteiger charge is -2.40. The van der Waals surface area contributed by atoms with Crippen LogP contribution >= 0.6 is 11.8 Å². The first-order valence-corrected chi connectivity index (χ1v) is 7.51. The molecule has 0 bridgehead atoms. The molecule has 1 heterocycles. The van der Waals surface area contributed by atoms with Crippen molar-refractivity contribution in [3.8, 4) is 0 Å². The molecule has 0 aromatic heterocycles. The maximum absolute atomic E-state index is 12.1. The van der Waals surface area contributed by atoms with Crippen molar-refractivity contribution in [3.63, 3.8) is 0 Å². The molecule has 2 unspecified atom stereocenters. The highest BCUT2D eigenvalue weighted by atomic mass is 32.2. The molecule has 2 rings (SSSR count). The number of hydrogen-bond acceptors (Lipinski definition) is 4. The molecule has 1 aromatic carbocycles. The Morgan fingerprint density at radius 3 is 2.74 bits per heavy atom. The first-order chi connectivity index (χ1) is 9.00. The number of carbonyl (C=O) groups excluding carboxylic acids is 1. The Kier molecular flexibility index (Phi) is 4.21. The first kappa shape index (κ1) is 14.4. The third kappa shape index (κ3) is 2.51. The fourth-order valence-electron chi connectivity index (χ4n) is 2.87. The summed E-state index contributed by atoms with van der Waals surface area (Å²) in [7, 11) is 1.38. The molecular formula is C15H20O3S. The minimum absolute atomic E-state index is 0.0219. The molecule has 0 fully saturated rings. The lowest BCUT2D eigenvalue weighted by atomic mass is 9.73. The standard InChI is InChI=1S/C15H20O3S/c1-10(2)13(14(16)18-3)15(17)8-9-19-12-7-5-4-6-11(12)15/h4-7,10,13,17H,8-9H2,1-3H3. The largest absolute Gasteiger partial charge is 0.469 e. The molecule has 0 aliphatic carbocycles. The van der Waals surface area contributed by atoms with Crippen LogP contribution in [-0.2, 0) is 15.1 Å². The van der Waals surface area contributed by atoms with Crippen LogP contribution in [0, 0.1) is 11.8 Å². The first-order valence-electron chi connectivity index (χ1n) is 6.53. The van der Waals surface area contributed by atoms with Gasteiger partial charge in [-0.05, 0) is 24.0 Å². The normalized spacial score (nSPS) is 23.8. The molecule has 3 nitrogen and oxygen atoms in total. The van der Waals surface area contributed by atoms with Gasteiger partial charge in [-0.25, -0.2) is 0 Å². The fraction of sp³-hybridized carbons (Fsp3) is 0.533. The summed E-state index contributed by atoms with van der Waals surface area (Å²) in [5.74, 6) is -0.0272. The Balaban J connectivity index is 2.50. The van der Waals surface area contributed by atoms with E-state index in [0.717, 1.165) is 16.2 Å². The van der Waals surface area contributed by atoms with Gasteiger partial charge in [0, 0.05) is 10.6 Å². The summed E-state index contributed by atoms with van der Waals surface area (Å²) >= 11 is 1.73. The number of aliphatic hydroxyl groups is 1. The molecule has 19 heavy (non-hydrogen) atoms. The highest BCUT2D eigenvalue weighted by molar-refractivity contribution is 7.99. The average molecular weight is 280 g/mol. The van der Waals surface area contributed by atoms with E-state index < -0.39 is 11.5 Å². The van der Waals surface area contributed by atoms with Crippen LogP contribution in [0.15, 0.2) is 29.2 Å². The molecule has 2 atom stereocenters. The molecule has 0 saturated heterocycles. The van der Waals surface area contributed by atoms with Crippen LogP contribution in [0.25, 0.3) is 0 Å². The van der Waals surface area contributed by atoms with Crippen LogP contribution in [-0.4, -0.2) is 23.9 Å². The molecule has 0 amide bonds. The zero-order valence-electron chi connectivity index (χ0n) is 11.6. The summed E-state index contributed by atoms with van der Waals surface area (Å²) in [6.45, 7) is 3.90. The van der Waals surface area contributed by atoms with E-state index in [9.17, 15) is 9.90 Å². The molecule has 0 radical (unpaired) electrons. The number of carbonyl (C=O) groups is 1. The number of esters is 1. The van der Waals surface area contributed by atoms with E-state index >= 15 is 0 Å². The third-order valence-corrected chi connectivity index (χ3v) is 4.81. The summed E-state index contributed by atoms with van der Waals surface area (Å²) in [6, 6.07) is 7.78. The highest BCUT2D eigenvalue weighted by Gasteiger charge is 2.47. The third-order valence-electron chi connectivity index (χ3n) is 3.73. The van der Waals surface area contributed by atoms with Crippen LogP contribution in [0.1, 0.15) is 25.8 Å². The monoisotopic (exact) mass is 280 g/mol. The van der Waals surface area contributed by atoms with E-state index in [1.807, 2.05) is 38.1 Å². The number of hydrogen-bond donors (Lipinski definition) is 1. The zero-order valence-corrected chi connectivity index (χ0v) is 12.4. The van der Waals surface area contributed by atoms with Gasteiger partial charge in [-0.3, -0.25) is 4.79 Å². The quantitative estimate of drug-likeness (QED) is 0.865. The van der Waals surface area contributed by atoms with Gasteiger partial charge in [0.05, 0.1) is 13.0 Å². The van der Waals surface area contributed by atoms with E-state index in [1.54, 1.807) is 11.8 Å². The number of rotatable bonds is 3. The molecule has 1 N–H and O–H groups in total. The van der Waals surface area contributed by atoms with Crippen molar-refractivity contribution in [2.45, 2.75) is 30.8 Å². The Labute approximate surface area is 118 Å². The number of thioether (sulfide) groups is 1. The van der Waals surface area contributed by atoms with E-state index in [1.165, 1.54) is 7.11 Å². The SMILES string of the molecule is COC(=O)C(C(C)C)C1(O)CCSc2ccccc21. The summed E-state index contributed by atoms with van der Waals surface area (Å²) in [5.41, 5.74) is -0.265. The van der Waals surface area contributed by atoms with Gasteiger partial charge >= 0.3 is 5.97 Å². The van der Waals surface area contributed by atoms with Gasteiger partial charge in [0.15, 0.2) is 0 Å². The zero-order chi connectivity index (χ0) is 14.0. The van der Waals surface area contributed by atoms with Gasteiger partial charge in [-0.1, -0.05) is 32.0 Å². The van der Waals surface area contributed by atoms with Gasteiger partial charge < -0.3 is 9.84 Å². The van der Waals surface area contributed by atoms with Crippen molar-refractivity contribution < 1.29 is 14.6 Å². The predicted molar refractivity (Wildman–Crippen MR) is 76.0 cm³/mol. The molecule has 1 aliphatic rings. The van der Waals surface area contributed by atoms with Crippen LogP contribution in [0.5, 0.6) is 0 Å². The van der Waals surface area contributed by atoms with E-state index in [-0.39, 0.29) is 11.9 Å². The topological polar surface area (TPSA) is 46.5 Å². The molecule has 1 aliphatic heterocycles. The number of fused-ring (bicyclic) bond motifs is 1. The van der Waals surface area contributed by atoms with Crippen molar-refractivity contribution in [2.75, 3.05) is 12.9 Å². The minimum Gasteiger partial charge on any atom is -0.469 e. The van der Waals surface area contributed by atoms with Crippen LogP contribution in [0.2, 0.25) is 0 Å². The summed E-state index contributed by atoms with van der Waals surface area (Å²) in [6.07, 6.45) is 0.576. The Hall–Kier alpha value is -1.00. The highest BCUT2D eigenvalue weighted by Crippen LogP contribution is 2.46. The van der Waals surface area contributed by atoms with Gasteiger partial charge in [0.25, 0.3) is 0 Å². The summed E-state index contributed by atoms with van der Waals surface area (Å²) < 4.78 is 4.90. The minimum atomic E-state index is -1.12. The van der Waals surface area contributed by atoms with Crippen LogP contribution < -0.4 is 0 Å². The van der Waals surface area contributed by atoms with Crippen molar-refractivity contribution >= 4 is 17.7 Å². The molecule has 0 saturated carbocycles. The number of benzene rings is 1. The van der Waals surface area contributed by atoms with Gasteiger partial charge in [0.2, 0.25) is 0 Å². The lowest BCUT2D eigenvalue weighted by Crippen LogP contribution is -2.45. The van der Waals surface area contributed by atoms with Crippen molar-refractivity contribution in [3.05, 3.63) is 29.8 Å². The summed E-state index contributed by atoms with van der Waals surface area (Å²) in [5, 5.41) is 11.1. The fourth-order valence-corrected chi connectivity index (χ4v) is 4.08. The molecule has 4 heteroatoms. The van der Waals surface area contributed by atoms with Gasteiger partial charge in [-0.2, -0.15) is 0 Å². The Morgan fingerprint density at radius 1 is 1.42 bits per heavy atom. The van der Waals surface area contributed by atoms with Crippen molar-refractivity contribution in [1.82, 2.24) is 0 Å². The Bertz CT molecular complexity index is 472. The second kappa shape index (κ2) is 5.55. The second-order valence-corrected chi connectivity index (χ2v) is 6.40. The molecule has 0 spiro atoms. The predicted octanol–water partition coefficient (Wildman–Crippen LogP) is 2.82. The number of methoxy groups -OCH3 is 1. The van der Waals surface area contributed by atoms with E-state index in [4.69, 9.17) is 4.74 Å². The summed E-state index contributed by atoms with van der Waals surface area (Å²) in [4.78, 5) is 13.1. The maximum Gasteiger partial charge on any atom is 0.312 e. The smallest absolute Gasteiger partial charge is 0.312 e. The van der Waals surface area contributed by atoms with E-state index in [0.29, 0.717) is 6.42 Å².